The van der Waals surface area contributed by atoms with Gasteiger partial charge in [0.25, 0.3) is 0 Å². The van der Waals surface area contributed by atoms with Gasteiger partial charge in [-0.1, -0.05) is 23.7 Å². The molecule has 0 amide bonds. The summed E-state index contributed by atoms with van der Waals surface area (Å²) in [5.41, 5.74) is 5.98. The van der Waals surface area contributed by atoms with Crippen molar-refractivity contribution < 1.29 is 0 Å². The fourth-order valence-electron chi connectivity index (χ4n) is 1.93. The predicted molar refractivity (Wildman–Crippen MR) is 73.3 cm³/mol. The number of aryl methyl sites for hydroxylation is 2. The number of aromatic nitrogens is 2. The van der Waals surface area contributed by atoms with Crippen LogP contribution in [0.15, 0.2) is 30.6 Å². The smallest absolute Gasteiger partial charge is 0.0740 e. The average Bonchev–Trinajstić information content (AvgIpc) is 2.83. The molecule has 0 fully saturated rings. The predicted octanol–water partition coefficient (Wildman–Crippen LogP) is 2.42. The van der Waals surface area contributed by atoms with E-state index in [1.165, 1.54) is 0 Å². The van der Waals surface area contributed by atoms with Crippen LogP contribution in [0.25, 0.3) is 0 Å². The molecule has 0 radical (unpaired) electrons. The Morgan fingerprint density at radius 2 is 2.22 bits per heavy atom. The van der Waals surface area contributed by atoms with E-state index in [0.717, 1.165) is 28.3 Å². The zero-order valence-electron chi connectivity index (χ0n) is 10.5. The summed E-state index contributed by atoms with van der Waals surface area (Å²) in [6.45, 7) is 4.87. The Morgan fingerprint density at radius 1 is 1.44 bits per heavy atom. The molecule has 1 unspecified atom stereocenters. The highest BCUT2D eigenvalue weighted by atomic mass is 35.5. The summed E-state index contributed by atoms with van der Waals surface area (Å²) in [7, 11) is 0. The van der Waals surface area contributed by atoms with Gasteiger partial charge in [0.15, 0.2) is 0 Å². The van der Waals surface area contributed by atoms with Crippen molar-refractivity contribution >= 4 is 11.6 Å². The number of benzene rings is 1. The summed E-state index contributed by atoms with van der Waals surface area (Å²) >= 11 is 6.03. The van der Waals surface area contributed by atoms with Gasteiger partial charge in [0.05, 0.1) is 12.2 Å². The van der Waals surface area contributed by atoms with E-state index < -0.39 is 0 Å². The van der Waals surface area contributed by atoms with Crippen LogP contribution in [-0.2, 0) is 6.54 Å². The average molecular weight is 265 g/mol. The van der Waals surface area contributed by atoms with Gasteiger partial charge in [0.1, 0.15) is 0 Å². The van der Waals surface area contributed by atoms with E-state index in [0.29, 0.717) is 0 Å². The largest absolute Gasteiger partial charge is 0.273 e. The van der Waals surface area contributed by atoms with Gasteiger partial charge in [-0.05, 0) is 31.0 Å². The first-order valence-electron chi connectivity index (χ1n) is 5.90. The van der Waals surface area contributed by atoms with Gasteiger partial charge in [-0.15, -0.1) is 0 Å². The molecule has 3 N–H and O–H groups in total. The molecule has 2 rings (SSSR count). The Morgan fingerprint density at radius 3 is 2.78 bits per heavy atom. The molecule has 0 aliphatic heterocycles. The van der Waals surface area contributed by atoms with E-state index in [2.05, 4.69) is 10.5 Å². The standard InChI is InChI=1S/C13H17ClN4/c1-3-18-8-11(7-16-18)13(17-15)10-4-5-12(14)9(2)6-10/h4-8,13,17H,3,15H2,1-2H3. The second kappa shape index (κ2) is 5.52. The fourth-order valence-corrected chi connectivity index (χ4v) is 2.05. The molecule has 0 spiro atoms. The number of nitrogens with two attached hydrogens (primary N) is 1. The third-order valence-corrected chi connectivity index (χ3v) is 3.42. The molecule has 5 heteroatoms. The summed E-state index contributed by atoms with van der Waals surface area (Å²) in [5, 5.41) is 5.03. The normalized spacial score (nSPS) is 12.7. The minimum absolute atomic E-state index is 0.0683. The molecular formula is C13H17ClN4. The summed E-state index contributed by atoms with van der Waals surface area (Å²) in [6.07, 6.45) is 3.83. The van der Waals surface area contributed by atoms with Crippen molar-refractivity contribution in [3.8, 4) is 0 Å². The molecule has 0 saturated heterocycles. The minimum atomic E-state index is -0.0683. The van der Waals surface area contributed by atoms with Gasteiger partial charge in [0.2, 0.25) is 0 Å². The maximum Gasteiger partial charge on any atom is 0.0740 e. The zero-order valence-corrected chi connectivity index (χ0v) is 11.3. The third-order valence-electron chi connectivity index (χ3n) is 2.99. The van der Waals surface area contributed by atoms with Gasteiger partial charge in [-0.25, -0.2) is 5.43 Å². The van der Waals surface area contributed by atoms with Gasteiger partial charge in [-0.2, -0.15) is 5.10 Å². The Kier molecular flexibility index (Phi) is 4.01. The van der Waals surface area contributed by atoms with Gasteiger partial charge >= 0.3 is 0 Å². The van der Waals surface area contributed by atoms with Crippen molar-refractivity contribution in [2.75, 3.05) is 0 Å². The zero-order chi connectivity index (χ0) is 13.1. The lowest BCUT2D eigenvalue weighted by molar-refractivity contribution is 0.630. The van der Waals surface area contributed by atoms with Gasteiger partial charge < -0.3 is 0 Å². The van der Waals surface area contributed by atoms with Crippen LogP contribution in [0.4, 0.5) is 0 Å². The van der Waals surface area contributed by atoms with Crippen molar-refractivity contribution in [3.05, 3.63) is 52.3 Å². The first-order chi connectivity index (χ1) is 8.65. The SMILES string of the molecule is CCn1cc(C(NN)c2ccc(Cl)c(C)c2)cn1. The van der Waals surface area contributed by atoms with Crippen molar-refractivity contribution in [2.24, 2.45) is 5.84 Å². The molecule has 2 aromatic rings. The summed E-state index contributed by atoms with van der Waals surface area (Å²) in [6, 6.07) is 5.83. The van der Waals surface area contributed by atoms with Crippen LogP contribution >= 0.6 is 11.6 Å². The lowest BCUT2D eigenvalue weighted by Crippen LogP contribution is -2.28. The molecule has 4 nitrogen and oxygen atoms in total. The molecule has 1 aromatic heterocycles. The van der Waals surface area contributed by atoms with Crippen LogP contribution < -0.4 is 11.3 Å². The quantitative estimate of drug-likeness (QED) is 0.659. The van der Waals surface area contributed by atoms with E-state index in [4.69, 9.17) is 17.4 Å². The highest BCUT2D eigenvalue weighted by molar-refractivity contribution is 6.31. The molecule has 1 aromatic carbocycles. The van der Waals surface area contributed by atoms with E-state index in [1.807, 2.05) is 49.1 Å². The number of hydrogen-bond donors (Lipinski definition) is 2. The van der Waals surface area contributed by atoms with E-state index in [1.54, 1.807) is 0 Å². The summed E-state index contributed by atoms with van der Waals surface area (Å²) in [5.74, 6) is 5.66. The molecule has 0 aliphatic carbocycles. The van der Waals surface area contributed by atoms with Gasteiger partial charge in [-0.3, -0.25) is 10.5 Å². The Labute approximate surface area is 112 Å². The van der Waals surface area contributed by atoms with Crippen LogP contribution in [-0.4, -0.2) is 9.78 Å². The topological polar surface area (TPSA) is 55.9 Å². The maximum atomic E-state index is 6.03. The number of nitrogens with one attached hydrogen (secondary N) is 1. The minimum Gasteiger partial charge on any atom is -0.273 e. The van der Waals surface area contributed by atoms with Crippen LogP contribution in [0.3, 0.4) is 0 Å². The van der Waals surface area contributed by atoms with E-state index in [9.17, 15) is 0 Å². The fraction of sp³-hybridized carbons (Fsp3) is 0.308. The molecule has 96 valence electrons. The van der Waals surface area contributed by atoms with Crippen molar-refractivity contribution in [1.29, 1.82) is 0 Å². The Bertz CT molecular complexity index is 536. The molecule has 1 heterocycles. The van der Waals surface area contributed by atoms with Crippen molar-refractivity contribution in [3.63, 3.8) is 0 Å². The second-order valence-corrected chi connectivity index (χ2v) is 4.64. The van der Waals surface area contributed by atoms with E-state index in [-0.39, 0.29) is 6.04 Å². The molecule has 0 aliphatic rings. The number of hydrazine groups is 1. The molecule has 0 bridgehead atoms. The van der Waals surface area contributed by atoms with Crippen LogP contribution in [0, 0.1) is 6.92 Å². The molecule has 1 atom stereocenters. The summed E-state index contributed by atoms with van der Waals surface area (Å²) in [4.78, 5) is 0. The van der Waals surface area contributed by atoms with Crippen LogP contribution in [0.1, 0.15) is 29.7 Å². The van der Waals surface area contributed by atoms with E-state index >= 15 is 0 Å². The Balaban J connectivity index is 2.35. The second-order valence-electron chi connectivity index (χ2n) is 4.24. The number of halogens is 1. The van der Waals surface area contributed by atoms with Crippen LogP contribution in [0.5, 0.6) is 0 Å². The summed E-state index contributed by atoms with van der Waals surface area (Å²) < 4.78 is 1.88. The lowest BCUT2D eigenvalue weighted by atomic mass is 10.0. The Hall–Kier alpha value is -1.36. The van der Waals surface area contributed by atoms with Gasteiger partial charge in [0, 0.05) is 23.3 Å². The number of nitrogens with zero attached hydrogens (tertiary/aromatic N) is 2. The highest BCUT2D eigenvalue weighted by Crippen LogP contribution is 2.25. The van der Waals surface area contributed by atoms with Crippen molar-refractivity contribution in [1.82, 2.24) is 15.2 Å². The lowest BCUT2D eigenvalue weighted by Gasteiger charge is -2.15. The highest BCUT2D eigenvalue weighted by Gasteiger charge is 2.15. The third kappa shape index (κ3) is 2.56. The monoisotopic (exact) mass is 264 g/mol. The maximum absolute atomic E-state index is 6.03. The first-order valence-corrected chi connectivity index (χ1v) is 6.28. The molecular weight excluding hydrogens is 248 g/mol. The molecule has 0 saturated carbocycles. The molecule has 18 heavy (non-hydrogen) atoms. The first kappa shape index (κ1) is 13.1. The van der Waals surface area contributed by atoms with Crippen LogP contribution in [0.2, 0.25) is 5.02 Å². The number of hydrogen-bond acceptors (Lipinski definition) is 3. The number of rotatable bonds is 4. The van der Waals surface area contributed by atoms with Crippen molar-refractivity contribution in [2.45, 2.75) is 26.4 Å².